The highest BCUT2D eigenvalue weighted by atomic mass is 32.2. The minimum atomic E-state index is -5.49. The van der Waals surface area contributed by atoms with Crippen molar-refractivity contribution in [3.63, 3.8) is 0 Å². The number of carbonyl (C=O) groups is 2. The van der Waals surface area contributed by atoms with E-state index in [0.29, 0.717) is 23.3 Å². The molecule has 0 atom stereocenters. The number of aryl methyl sites for hydroxylation is 1. The van der Waals surface area contributed by atoms with Crippen molar-refractivity contribution < 1.29 is 40.3 Å². The largest absolute Gasteiger partial charge is 0.491 e. The van der Waals surface area contributed by atoms with Gasteiger partial charge in [0.1, 0.15) is 15.9 Å². The smallest absolute Gasteiger partial charge is 0.369 e. The molecule has 0 aliphatic heterocycles. The molecule has 37 heavy (non-hydrogen) atoms. The topological polar surface area (TPSA) is 107 Å². The molecule has 1 N–H and O–H groups in total. The highest BCUT2D eigenvalue weighted by Crippen LogP contribution is 2.37. The van der Waals surface area contributed by atoms with E-state index in [9.17, 15) is 31.2 Å². The predicted molar refractivity (Wildman–Crippen MR) is 127 cm³/mol. The fraction of sp³-hybridized carbons (Fsp3) is 0.348. The van der Waals surface area contributed by atoms with Crippen LogP contribution in [0, 0.1) is 11.7 Å². The van der Waals surface area contributed by atoms with Crippen molar-refractivity contribution in [2.24, 2.45) is 5.92 Å². The van der Waals surface area contributed by atoms with Gasteiger partial charge in [-0.05, 0) is 30.0 Å². The van der Waals surface area contributed by atoms with Gasteiger partial charge >= 0.3 is 18.2 Å². The first kappa shape index (κ1) is 28.3. The molecule has 1 aromatic carbocycles. The summed E-state index contributed by atoms with van der Waals surface area (Å²) in [5, 5.41) is 0. The predicted octanol–water partition coefficient (Wildman–Crippen LogP) is 5.06. The normalized spacial score (nSPS) is 12.1. The van der Waals surface area contributed by atoms with E-state index in [1.54, 1.807) is 17.0 Å². The highest BCUT2D eigenvalue weighted by Gasteiger charge is 2.43. The maximum Gasteiger partial charge on any atom is 0.491 e. The molecule has 0 spiro atoms. The van der Waals surface area contributed by atoms with Crippen LogP contribution in [0.1, 0.15) is 37.0 Å². The van der Waals surface area contributed by atoms with Gasteiger partial charge in [-0.3, -0.25) is 0 Å². The van der Waals surface area contributed by atoms with E-state index in [0.717, 1.165) is 23.2 Å². The standard InChI is InChI=1S/C23H23F4N3O5S2/c1-4-19-28-7-8-30(19)12-15-6-5-14(10-18(15)24)17-11-16(9-13(2)3)36-20(17)37(33,34)29-22(32)35-21(31)23(25,26)27/h5-8,10-11,13H,4,9,12H2,1-3H3,(H,29,32). The molecule has 14 heteroatoms. The van der Waals surface area contributed by atoms with Gasteiger partial charge in [0, 0.05) is 34.8 Å². The Morgan fingerprint density at radius 2 is 1.92 bits per heavy atom. The van der Waals surface area contributed by atoms with Crippen LogP contribution in [-0.4, -0.2) is 36.2 Å². The van der Waals surface area contributed by atoms with Gasteiger partial charge in [-0.25, -0.2) is 32.1 Å². The Morgan fingerprint density at radius 3 is 2.51 bits per heavy atom. The van der Waals surface area contributed by atoms with Gasteiger partial charge in [-0.1, -0.05) is 32.9 Å². The number of benzene rings is 1. The summed E-state index contributed by atoms with van der Waals surface area (Å²) in [7, 11) is -4.78. The monoisotopic (exact) mass is 561 g/mol. The van der Waals surface area contributed by atoms with Crippen molar-refractivity contribution in [1.82, 2.24) is 14.3 Å². The van der Waals surface area contributed by atoms with E-state index in [1.165, 1.54) is 22.9 Å². The van der Waals surface area contributed by atoms with Crippen molar-refractivity contribution in [1.29, 1.82) is 0 Å². The molecule has 0 radical (unpaired) electrons. The van der Waals surface area contributed by atoms with Crippen LogP contribution in [0.2, 0.25) is 0 Å². The number of ether oxygens (including phenoxy) is 1. The number of rotatable bonds is 8. The summed E-state index contributed by atoms with van der Waals surface area (Å²) in [5.41, 5.74) is 0.547. The number of hydrogen-bond acceptors (Lipinski definition) is 7. The third-order valence-electron chi connectivity index (χ3n) is 5.06. The van der Waals surface area contributed by atoms with Crippen LogP contribution in [0.15, 0.2) is 40.9 Å². The number of sulfonamides is 1. The van der Waals surface area contributed by atoms with E-state index in [-0.39, 0.29) is 23.6 Å². The summed E-state index contributed by atoms with van der Waals surface area (Å²) in [6.45, 7) is 5.89. The third kappa shape index (κ3) is 6.95. The second-order valence-corrected chi connectivity index (χ2v) is 11.4. The summed E-state index contributed by atoms with van der Waals surface area (Å²) in [6.07, 6.45) is -3.20. The molecular weight excluding hydrogens is 538 g/mol. The number of thiophene rings is 1. The van der Waals surface area contributed by atoms with Crippen LogP contribution in [0.4, 0.5) is 22.4 Å². The van der Waals surface area contributed by atoms with Gasteiger partial charge in [0.05, 0.1) is 6.54 Å². The lowest BCUT2D eigenvalue weighted by molar-refractivity contribution is -0.192. The summed E-state index contributed by atoms with van der Waals surface area (Å²) in [4.78, 5) is 27.4. The second-order valence-electron chi connectivity index (χ2n) is 8.42. The molecular formula is C23H23F4N3O5S2. The maximum absolute atomic E-state index is 15.1. The van der Waals surface area contributed by atoms with E-state index >= 15 is 4.39 Å². The van der Waals surface area contributed by atoms with Crippen LogP contribution in [0.3, 0.4) is 0 Å². The molecule has 200 valence electrons. The Bertz CT molecular complexity index is 1410. The number of amides is 1. The molecule has 1 amide bonds. The zero-order valence-corrected chi connectivity index (χ0v) is 21.6. The molecule has 3 rings (SSSR count). The molecule has 0 saturated carbocycles. The fourth-order valence-electron chi connectivity index (χ4n) is 3.47. The molecule has 3 aromatic rings. The van der Waals surface area contributed by atoms with Crippen LogP contribution in [-0.2, 0) is 38.9 Å². The van der Waals surface area contributed by atoms with Gasteiger partial charge in [-0.15, -0.1) is 11.3 Å². The van der Waals surface area contributed by atoms with Crippen molar-refractivity contribution in [3.05, 3.63) is 58.7 Å². The number of halogens is 4. The first-order chi connectivity index (χ1) is 17.2. The molecule has 0 saturated heterocycles. The minimum Gasteiger partial charge on any atom is -0.369 e. The molecule has 0 bridgehead atoms. The SMILES string of the molecule is CCc1nccn1Cc1ccc(-c2cc(CC(C)C)sc2S(=O)(=O)NC(=O)OC(=O)C(F)(F)F)cc1F. The van der Waals surface area contributed by atoms with E-state index in [4.69, 9.17) is 0 Å². The molecule has 2 heterocycles. The number of nitrogens with zero attached hydrogens (tertiary/aromatic N) is 2. The average molecular weight is 562 g/mol. The first-order valence-corrected chi connectivity index (χ1v) is 13.3. The van der Waals surface area contributed by atoms with Crippen molar-refractivity contribution in [2.45, 2.75) is 50.5 Å². The Hall–Kier alpha value is -3.26. The van der Waals surface area contributed by atoms with Crippen molar-refractivity contribution in [2.75, 3.05) is 0 Å². The molecule has 8 nitrogen and oxygen atoms in total. The van der Waals surface area contributed by atoms with Gasteiger partial charge in [0.15, 0.2) is 0 Å². The second kappa shape index (κ2) is 11.0. The van der Waals surface area contributed by atoms with Gasteiger partial charge in [-0.2, -0.15) is 13.2 Å². The Balaban J connectivity index is 1.95. The first-order valence-electron chi connectivity index (χ1n) is 11.0. The van der Waals surface area contributed by atoms with Crippen LogP contribution in [0.5, 0.6) is 0 Å². The van der Waals surface area contributed by atoms with Gasteiger partial charge in [0.2, 0.25) is 0 Å². The van der Waals surface area contributed by atoms with E-state index in [2.05, 4.69) is 9.72 Å². The Labute approximate surface area is 214 Å². The number of alkyl halides is 3. The van der Waals surface area contributed by atoms with Gasteiger partial charge in [0.25, 0.3) is 10.0 Å². The molecule has 0 fully saturated rings. The molecule has 0 aliphatic carbocycles. The van der Waals surface area contributed by atoms with Crippen LogP contribution >= 0.6 is 11.3 Å². The average Bonchev–Trinajstić information content (AvgIpc) is 3.40. The molecule has 2 aromatic heterocycles. The number of carbonyl (C=O) groups excluding carboxylic acids is 2. The quantitative estimate of drug-likeness (QED) is 0.234. The lowest BCUT2D eigenvalue weighted by Gasteiger charge is -2.11. The Morgan fingerprint density at radius 1 is 1.22 bits per heavy atom. The number of aromatic nitrogens is 2. The summed E-state index contributed by atoms with van der Waals surface area (Å²) < 4.78 is 84.2. The number of esters is 1. The fourth-order valence-corrected chi connectivity index (χ4v) is 6.29. The molecule has 0 unspecified atom stereocenters. The lowest BCUT2D eigenvalue weighted by atomic mass is 10.0. The summed E-state index contributed by atoms with van der Waals surface area (Å²) in [5.74, 6) is -2.60. The maximum atomic E-state index is 15.1. The summed E-state index contributed by atoms with van der Waals surface area (Å²) in [6, 6.07) is 5.66. The highest BCUT2D eigenvalue weighted by molar-refractivity contribution is 7.92. The van der Waals surface area contributed by atoms with Crippen LogP contribution in [0.25, 0.3) is 11.1 Å². The molecule has 0 aliphatic rings. The van der Waals surface area contributed by atoms with Gasteiger partial charge < -0.3 is 9.30 Å². The Kier molecular flexibility index (Phi) is 8.42. The van der Waals surface area contributed by atoms with Crippen LogP contribution < -0.4 is 4.72 Å². The minimum absolute atomic E-state index is 0.0467. The van der Waals surface area contributed by atoms with Crippen molar-refractivity contribution >= 4 is 33.4 Å². The zero-order valence-electron chi connectivity index (χ0n) is 19.9. The van der Waals surface area contributed by atoms with E-state index < -0.39 is 38.3 Å². The summed E-state index contributed by atoms with van der Waals surface area (Å²) >= 11 is 0.775. The number of nitrogens with one attached hydrogen (secondary N) is 1. The number of imidazole rings is 1. The van der Waals surface area contributed by atoms with E-state index in [1.807, 2.05) is 20.8 Å². The zero-order chi connectivity index (χ0) is 27.5. The number of hydrogen-bond donors (Lipinski definition) is 1. The lowest BCUT2D eigenvalue weighted by Crippen LogP contribution is -2.36. The van der Waals surface area contributed by atoms with Crippen molar-refractivity contribution in [3.8, 4) is 11.1 Å². The third-order valence-corrected chi connectivity index (χ3v) is 8.06.